The zero-order chi connectivity index (χ0) is 19.7. The fourth-order valence-corrected chi connectivity index (χ4v) is 2.51. The van der Waals surface area contributed by atoms with Gasteiger partial charge in [0, 0.05) is 5.69 Å². The van der Waals surface area contributed by atoms with Crippen molar-refractivity contribution < 1.29 is 13.7 Å². The fraction of sp³-hybridized carbons (Fsp3) is 0.105. The topological polar surface area (TPSA) is 98.7 Å². The number of hydrogen-bond donors (Lipinski definition) is 1. The van der Waals surface area contributed by atoms with Gasteiger partial charge in [-0.1, -0.05) is 34.1 Å². The third kappa shape index (κ3) is 3.50. The van der Waals surface area contributed by atoms with Gasteiger partial charge in [-0.05, 0) is 43.7 Å². The highest BCUT2D eigenvalue weighted by atomic mass is 19.1. The van der Waals surface area contributed by atoms with Crippen LogP contribution in [-0.4, -0.2) is 31.0 Å². The summed E-state index contributed by atoms with van der Waals surface area (Å²) in [5, 5.41) is 14.4. The second kappa shape index (κ2) is 7.03. The first-order valence-electron chi connectivity index (χ1n) is 8.40. The maximum Gasteiger partial charge on any atom is 0.316 e. The lowest BCUT2D eigenvalue weighted by Crippen LogP contribution is -2.13. The number of aryl methyl sites for hydroxylation is 2. The van der Waals surface area contributed by atoms with E-state index in [1.807, 2.05) is 31.2 Å². The third-order valence-corrected chi connectivity index (χ3v) is 4.09. The van der Waals surface area contributed by atoms with E-state index in [0.717, 1.165) is 11.3 Å². The Kier molecular flexibility index (Phi) is 4.40. The molecule has 0 spiro atoms. The van der Waals surface area contributed by atoms with E-state index in [9.17, 15) is 9.18 Å². The molecule has 0 bridgehead atoms. The molecule has 2 aromatic heterocycles. The van der Waals surface area contributed by atoms with Gasteiger partial charge in [0.2, 0.25) is 5.82 Å². The number of benzene rings is 2. The van der Waals surface area contributed by atoms with Crippen molar-refractivity contribution in [1.82, 2.24) is 25.1 Å². The van der Waals surface area contributed by atoms with Crippen molar-refractivity contribution in [3.8, 4) is 17.2 Å². The van der Waals surface area contributed by atoms with Crippen LogP contribution in [0.3, 0.4) is 0 Å². The SMILES string of the molecule is Cc1ccc(-n2cc(-c3noc(C(=O)Nc4cc(F)ccc4C)n3)nn2)cc1. The maximum absolute atomic E-state index is 13.4. The van der Waals surface area contributed by atoms with E-state index in [4.69, 9.17) is 4.52 Å². The highest BCUT2D eigenvalue weighted by Gasteiger charge is 2.19. The Labute approximate surface area is 159 Å². The average molecular weight is 378 g/mol. The lowest BCUT2D eigenvalue weighted by molar-refractivity contribution is 0.0981. The first-order chi connectivity index (χ1) is 13.5. The standard InChI is InChI=1S/C19H15FN6O2/c1-11-3-7-14(8-4-11)26-10-16(23-25-26)17-22-19(28-24-17)18(27)21-15-9-13(20)6-5-12(15)2/h3-10H,1-2H3,(H,21,27). The summed E-state index contributed by atoms with van der Waals surface area (Å²) in [4.78, 5) is 16.4. The van der Waals surface area contributed by atoms with Gasteiger partial charge in [0.25, 0.3) is 0 Å². The molecule has 140 valence electrons. The molecule has 28 heavy (non-hydrogen) atoms. The Balaban J connectivity index is 1.53. The number of nitrogens with zero attached hydrogens (tertiary/aromatic N) is 5. The van der Waals surface area contributed by atoms with Gasteiger partial charge in [-0.25, -0.2) is 9.07 Å². The molecule has 1 N–H and O–H groups in total. The molecule has 4 aromatic rings. The van der Waals surface area contributed by atoms with E-state index in [1.165, 1.54) is 12.1 Å². The van der Waals surface area contributed by atoms with Crippen molar-refractivity contribution in [2.75, 3.05) is 5.32 Å². The smallest absolute Gasteiger partial charge is 0.316 e. The van der Waals surface area contributed by atoms with Gasteiger partial charge in [0.05, 0.1) is 11.9 Å². The number of anilines is 1. The first-order valence-corrected chi connectivity index (χ1v) is 8.40. The Hall–Kier alpha value is -3.88. The Morgan fingerprint density at radius 2 is 1.93 bits per heavy atom. The molecule has 0 aliphatic carbocycles. The molecule has 0 saturated heterocycles. The molecule has 2 aromatic carbocycles. The van der Waals surface area contributed by atoms with Crippen LogP contribution in [0.2, 0.25) is 0 Å². The number of carbonyl (C=O) groups is 1. The molecule has 0 unspecified atom stereocenters. The fourth-order valence-electron chi connectivity index (χ4n) is 2.51. The monoisotopic (exact) mass is 378 g/mol. The second-order valence-electron chi connectivity index (χ2n) is 6.22. The summed E-state index contributed by atoms with van der Waals surface area (Å²) in [7, 11) is 0. The number of amides is 1. The first kappa shape index (κ1) is 17.5. The van der Waals surface area contributed by atoms with Gasteiger partial charge in [-0.15, -0.1) is 5.10 Å². The Morgan fingerprint density at radius 3 is 2.71 bits per heavy atom. The molecular weight excluding hydrogens is 363 g/mol. The normalized spacial score (nSPS) is 10.8. The summed E-state index contributed by atoms with van der Waals surface area (Å²) in [6.45, 7) is 3.74. The van der Waals surface area contributed by atoms with E-state index in [0.29, 0.717) is 16.9 Å². The zero-order valence-electron chi connectivity index (χ0n) is 15.0. The van der Waals surface area contributed by atoms with E-state index >= 15 is 0 Å². The minimum absolute atomic E-state index is 0.125. The van der Waals surface area contributed by atoms with Gasteiger partial charge >= 0.3 is 11.8 Å². The molecule has 0 aliphatic heterocycles. The quantitative estimate of drug-likeness (QED) is 0.585. The molecule has 0 aliphatic rings. The molecule has 2 heterocycles. The molecule has 1 amide bonds. The molecule has 4 rings (SSSR count). The van der Waals surface area contributed by atoms with Crippen molar-refractivity contribution in [2.24, 2.45) is 0 Å². The molecule has 0 atom stereocenters. The minimum atomic E-state index is -0.640. The van der Waals surface area contributed by atoms with Crippen molar-refractivity contribution in [3.63, 3.8) is 0 Å². The van der Waals surface area contributed by atoms with Gasteiger partial charge in [-0.2, -0.15) is 4.98 Å². The van der Waals surface area contributed by atoms with Crippen LogP contribution in [0.1, 0.15) is 21.8 Å². The van der Waals surface area contributed by atoms with Crippen LogP contribution in [0.25, 0.3) is 17.2 Å². The van der Waals surface area contributed by atoms with Crippen molar-refractivity contribution in [3.05, 3.63) is 71.5 Å². The molecule has 0 fully saturated rings. The van der Waals surface area contributed by atoms with E-state index in [1.54, 1.807) is 23.9 Å². The number of aromatic nitrogens is 5. The van der Waals surface area contributed by atoms with Crippen LogP contribution in [0.5, 0.6) is 0 Å². The summed E-state index contributed by atoms with van der Waals surface area (Å²) in [6, 6.07) is 11.8. The lowest BCUT2D eigenvalue weighted by atomic mass is 10.2. The number of nitrogens with one attached hydrogen (secondary N) is 1. The average Bonchev–Trinajstić information content (AvgIpc) is 3.35. The number of carbonyl (C=O) groups excluding carboxylic acids is 1. The highest BCUT2D eigenvalue weighted by molar-refractivity contribution is 6.01. The highest BCUT2D eigenvalue weighted by Crippen LogP contribution is 2.18. The third-order valence-electron chi connectivity index (χ3n) is 4.09. The van der Waals surface area contributed by atoms with Crippen LogP contribution in [-0.2, 0) is 0 Å². The molecule has 9 heteroatoms. The summed E-state index contributed by atoms with van der Waals surface area (Å²) in [5.41, 5.74) is 3.34. The van der Waals surface area contributed by atoms with Crippen LogP contribution in [0.15, 0.2) is 53.2 Å². The molecule has 8 nitrogen and oxygen atoms in total. The summed E-state index contributed by atoms with van der Waals surface area (Å²) < 4.78 is 19.9. The summed E-state index contributed by atoms with van der Waals surface area (Å²) in [6.07, 6.45) is 1.63. The maximum atomic E-state index is 13.4. The van der Waals surface area contributed by atoms with Gasteiger partial charge < -0.3 is 9.84 Å². The molecular formula is C19H15FN6O2. The largest absolute Gasteiger partial charge is 0.328 e. The molecule has 0 saturated carbocycles. The van der Waals surface area contributed by atoms with Crippen LogP contribution >= 0.6 is 0 Å². The summed E-state index contributed by atoms with van der Waals surface area (Å²) in [5.74, 6) is -1.23. The van der Waals surface area contributed by atoms with Gasteiger partial charge in [0.1, 0.15) is 5.82 Å². The van der Waals surface area contributed by atoms with E-state index in [-0.39, 0.29) is 11.7 Å². The van der Waals surface area contributed by atoms with Crippen LogP contribution < -0.4 is 5.32 Å². The number of halogens is 1. The number of hydrogen-bond acceptors (Lipinski definition) is 6. The van der Waals surface area contributed by atoms with Crippen LogP contribution in [0, 0.1) is 19.7 Å². The Morgan fingerprint density at radius 1 is 1.14 bits per heavy atom. The van der Waals surface area contributed by atoms with Crippen molar-refractivity contribution in [2.45, 2.75) is 13.8 Å². The van der Waals surface area contributed by atoms with Gasteiger partial charge in [-0.3, -0.25) is 4.79 Å². The number of rotatable bonds is 4. The van der Waals surface area contributed by atoms with Crippen LogP contribution in [0.4, 0.5) is 10.1 Å². The molecule has 0 radical (unpaired) electrons. The van der Waals surface area contributed by atoms with Crippen molar-refractivity contribution in [1.29, 1.82) is 0 Å². The van der Waals surface area contributed by atoms with Gasteiger partial charge in [0.15, 0.2) is 5.69 Å². The summed E-state index contributed by atoms with van der Waals surface area (Å²) >= 11 is 0. The Bertz CT molecular complexity index is 1150. The predicted molar refractivity (Wildman–Crippen MR) is 98.5 cm³/mol. The second-order valence-corrected chi connectivity index (χ2v) is 6.22. The van der Waals surface area contributed by atoms with Crippen molar-refractivity contribution >= 4 is 11.6 Å². The predicted octanol–water partition coefficient (Wildman–Crippen LogP) is 3.33. The lowest BCUT2D eigenvalue weighted by Gasteiger charge is -2.05. The minimum Gasteiger partial charge on any atom is -0.328 e. The van der Waals surface area contributed by atoms with E-state index in [2.05, 4.69) is 25.8 Å². The zero-order valence-corrected chi connectivity index (χ0v) is 15.0. The van der Waals surface area contributed by atoms with E-state index < -0.39 is 11.7 Å².